The van der Waals surface area contributed by atoms with Crippen LogP contribution in [-0.2, 0) is 6.42 Å². The highest BCUT2D eigenvalue weighted by Crippen LogP contribution is 2.25. The minimum atomic E-state index is 0.744. The van der Waals surface area contributed by atoms with Crippen LogP contribution in [0.4, 0.5) is 0 Å². The molecule has 0 radical (unpaired) electrons. The van der Waals surface area contributed by atoms with E-state index in [0.717, 1.165) is 24.9 Å². The first-order valence-electron chi connectivity index (χ1n) is 6.06. The van der Waals surface area contributed by atoms with Crippen LogP contribution in [0.3, 0.4) is 0 Å². The molecule has 0 saturated heterocycles. The molecule has 92 valence electrons. The van der Waals surface area contributed by atoms with E-state index in [1.54, 1.807) is 0 Å². The van der Waals surface area contributed by atoms with Crippen molar-refractivity contribution in [2.75, 3.05) is 13.1 Å². The molecule has 0 fully saturated rings. The van der Waals surface area contributed by atoms with E-state index in [1.807, 2.05) is 11.3 Å². The average Bonchev–Trinajstić information content (AvgIpc) is 2.62. The van der Waals surface area contributed by atoms with Gasteiger partial charge in [0.1, 0.15) is 0 Å². The lowest BCUT2D eigenvalue weighted by atomic mass is 10.0. The molecule has 1 nitrogen and oxygen atoms in total. The molecule has 0 spiro atoms. The second kappa shape index (κ2) is 7.46. The van der Waals surface area contributed by atoms with Crippen LogP contribution in [0.25, 0.3) is 0 Å². The Labute approximate surface area is 112 Å². The van der Waals surface area contributed by atoms with E-state index >= 15 is 0 Å². The van der Waals surface area contributed by atoms with Gasteiger partial charge in [-0.1, -0.05) is 27.2 Å². The van der Waals surface area contributed by atoms with Gasteiger partial charge in [0.05, 0.1) is 3.79 Å². The van der Waals surface area contributed by atoms with Gasteiger partial charge in [0, 0.05) is 4.88 Å². The second-order valence-corrected chi connectivity index (χ2v) is 7.28. The monoisotopic (exact) mass is 303 g/mol. The summed E-state index contributed by atoms with van der Waals surface area (Å²) in [6, 6.07) is 4.38. The summed E-state index contributed by atoms with van der Waals surface area (Å²) in [4.78, 5) is 1.49. The van der Waals surface area contributed by atoms with Crippen LogP contribution in [0.15, 0.2) is 15.9 Å². The lowest BCUT2D eigenvalue weighted by Gasteiger charge is -2.15. The summed E-state index contributed by atoms with van der Waals surface area (Å²) in [5.74, 6) is 1.51. The molecule has 0 aliphatic heterocycles. The average molecular weight is 304 g/mol. The topological polar surface area (TPSA) is 12.0 Å². The van der Waals surface area contributed by atoms with Crippen molar-refractivity contribution >= 4 is 27.3 Å². The molecule has 0 amide bonds. The molecular formula is C13H22BrNS. The number of halogens is 1. The van der Waals surface area contributed by atoms with Crippen molar-refractivity contribution < 1.29 is 0 Å². The van der Waals surface area contributed by atoms with Crippen molar-refractivity contribution in [1.82, 2.24) is 5.32 Å². The third-order valence-corrected chi connectivity index (χ3v) is 4.33. The van der Waals surface area contributed by atoms with E-state index in [9.17, 15) is 0 Å². The molecule has 1 atom stereocenters. The van der Waals surface area contributed by atoms with Crippen LogP contribution in [0, 0.1) is 11.8 Å². The molecule has 1 N–H and O–H groups in total. The van der Waals surface area contributed by atoms with Gasteiger partial charge in [-0.25, -0.2) is 0 Å². The number of hydrogen-bond acceptors (Lipinski definition) is 2. The molecule has 0 aromatic carbocycles. The number of rotatable bonds is 7. The van der Waals surface area contributed by atoms with E-state index < -0.39 is 0 Å². The van der Waals surface area contributed by atoms with Crippen LogP contribution >= 0.6 is 27.3 Å². The van der Waals surface area contributed by atoms with Crippen molar-refractivity contribution in [1.29, 1.82) is 0 Å². The summed E-state index contributed by atoms with van der Waals surface area (Å²) < 4.78 is 1.24. The van der Waals surface area contributed by atoms with E-state index in [2.05, 4.69) is 54.2 Å². The van der Waals surface area contributed by atoms with Crippen LogP contribution in [0.2, 0.25) is 0 Å². The van der Waals surface area contributed by atoms with E-state index in [0.29, 0.717) is 0 Å². The Kier molecular flexibility index (Phi) is 6.62. The Morgan fingerprint density at radius 3 is 2.56 bits per heavy atom. The lowest BCUT2D eigenvalue weighted by molar-refractivity contribution is 0.439. The molecule has 1 rings (SSSR count). The minimum Gasteiger partial charge on any atom is -0.316 e. The molecule has 0 saturated carbocycles. The molecule has 1 aromatic heterocycles. The summed E-state index contributed by atoms with van der Waals surface area (Å²) in [6.45, 7) is 9.06. The standard InChI is InChI=1S/C13H22BrNS/c1-4-11(9-15-8-10(2)3)7-12-5-6-13(14)16-12/h5-6,10-11,15H,4,7-9H2,1-3H3. The molecular weight excluding hydrogens is 282 g/mol. The molecule has 0 aliphatic carbocycles. The number of hydrogen-bond donors (Lipinski definition) is 1. The third kappa shape index (κ3) is 5.46. The highest BCUT2D eigenvalue weighted by molar-refractivity contribution is 9.11. The van der Waals surface area contributed by atoms with Gasteiger partial charge in [0.15, 0.2) is 0 Å². The molecule has 3 heteroatoms. The maximum absolute atomic E-state index is 3.56. The number of thiophene rings is 1. The fourth-order valence-corrected chi connectivity index (χ4v) is 3.28. The summed E-state index contributed by atoms with van der Waals surface area (Å²) in [6.07, 6.45) is 2.46. The molecule has 1 aromatic rings. The molecule has 0 bridgehead atoms. The fourth-order valence-electron chi connectivity index (χ4n) is 1.68. The van der Waals surface area contributed by atoms with Crippen molar-refractivity contribution in [3.63, 3.8) is 0 Å². The zero-order valence-electron chi connectivity index (χ0n) is 10.4. The third-order valence-electron chi connectivity index (χ3n) is 2.68. The van der Waals surface area contributed by atoms with Crippen LogP contribution in [0.1, 0.15) is 32.1 Å². The second-order valence-electron chi connectivity index (χ2n) is 4.74. The van der Waals surface area contributed by atoms with Crippen molar-refractivity contribution in [2.45, 2.75) is 33.6 Å². The highest BCUT2D eigenvalue weighted by Gasteiger charge is 2.09. The lowest BCUT2D eigenvalue weighted by Crippen LogP contribution is -2.27. The SMILES string of the molecule is CCC(CNCC(C)C)Cc1ccc(Br)s1. The maximum atomic E-state index is 3.56. The van der Waals surface area contributed by atoms with Gasteiger partial charge in [-0.15, -0.1) is 11.3 Å². The zero-order chi connectivity index (χ0) is 12.0. The Balaban J connectivity index is 2.31. The van der Waals surface area contributed by atoms with Crippen molar-refractivity contribution in [3.8, 4) is 0 Å². The first kappa shape index (κ1) is 14.2. The van der Waals surface area contributed by atoms with Gasteiger partial charge in [-0.3, -0.25) is 0 Å². The van der Waals surface area contributed by atoms with Crippen LogP contribution < -0.4 is 5.32 Å². The van der Waals surface area contributed by atoms with Crippen molar-refractivity contribution in [3.05, 3.63) is 20.8 Å². The molecule has 16 heavy (non-hydrogen) atoms. The Morgan fingerprint density at radius 2 is 2.06 bits per heavy atom. The van der Waals surface area contributed by atoms with E-state index in [-0.39, 0.29) is 0 Å². The Morgan fingerprint density at radius 1 is 1.31 bits per heavy atom. The zero-order valence-corrected chi connectivity index (χ0v) is 12.8. The molecule has 1 heterocycles. The fraction of sp³-hybridized carbons (Fsp3) is 0.692. The van der Waals surface area contributed by atoms with Gasteiger partial charge in [-0.05, 0) is 59.4 Å². The van der Waals surface area contributed by atoms with Gasteiger partial charge in [0.25, 0.3) is 0 Å². The van der Waals surface area contributed by atoms with Gasteiger partial charge in [-0.2, -0.15) is 0 Å². The molecule has 1 unspecified atom stereocenters. The van der Waals surface area contributed by atoms with Crippen molar-refractivity contribution in [2.24, 2.45) is 11.8 Å². The highest BCUT2D eigenvalue weighted by atomic mass is 79.9. The summed E-state index contributed by atoms with van der Waals surface area (Å²) in [7, 11) is 0. The van der Waals surface area contributed by atoms with Gasteiger partial charge >= 0.3 is 0 Å². The first-order valence-corrected chi connectivity index (χ1v) is 7.67. The first-order chi connectivity index (χ1) is 7.61. The normalized spacial score (nSPS) is 13.3. The largest absolute Gasteiger partial charge is 0.316 e. The number of nitrogens with one attached hydrogen (secondary N) is 1. The predicted molar refractivity (Wildman–Crippen MR) is 77.2 cm³/mol. The van der Waals surface area contributed by atoms with Crippen LogP contribution in [0.5, 0.6) is 0 Å². The quantitative estimate of drug-likeness (QED) is 0.791. The Bertz CT molecular complexity index is 296. The smallest absolute Gasteiger partial charge is 0.0701 e. The minimum absolute atomic E-state index is 0.744. The summed E-state index contributed by atoms with van der Waals surface area (Å²) in [5, 5.41) is 3.56. The van der Waals surface area contributed by atoms with E-state index in [4.69, 9.17) is 0 Å². The Hall–Kier alpha value is 0.140. The molecule has 0 aliphatic rings. The summed E-state index contributed by atoms with van der Waals surface area (Å²) in [5.41, 5.74) is 0. The summed E-state index contributed by atoms with van der Waals surface area (Å²) >= 11 is 5.38. The maximum Gasteiger partial charge on any atom is 0.0701 e. The van der Waals surface area contributed by atoms with Crippen LogP contribution in [-0.4, -0.2) is 13.1 Å². The van der Waals surface area contributed by atoms with Gasteiger partial charge in [0.2, 0.25) is 0 Å². The van der Waals surface area contributed by atoms with Gasteiger partial charge < -0.3 is 5.32 Å². The van der Waals surface area contributed by atoms with E-state index in [1.165, 1.54) is 21.5 Å². The predicted octanol–water partition coefficient (Wildman–Crippen LogP) is 4.32.